The van der Waals surface area contributed by atoms with E-state index < -0.39 is 0 Å². The van der Waals surface area contributed by atoms with E-state index in [2.05, 4.69) is 0 Å². The molecule has 1 atom stereocenters. The number of Topliss-reactive ketones (excluding diaryl/α,β-unsaturated/α-hetero) is 3. The number of ketones is 3. The molecule has 4 heteroatoms. The molecule has 4 nitrogen and oxygen atoms in total. The zero-order valence-corrected chi connectivity index (χ0v) is 15.0. The zero-order valence-electron chi connectivity index (χ0n) is 15.0. The first-order valence-corrected chi connectivity index (χ1v) is 7.38. The summed E-state index contributed by atoms with van der Waals surface area (Å²) >= 11 is 0. The maximum Gasteiger partial charge on any atom is 0.201 e. The minimum Gasteiger partial charge on any atom is -0.303 e. The standard InChI is InChI=1S/C8H14O2.C5H10O.C4H8O/c1-5(2)6(3)8(10)7(4)9;1-4(2)5(3)6;1-4(2)3-5/h5-6H,1-4H3;4H,1-3H3;3-4H,1-2H3. The number of rotatable bonds is 5. The molecule has 0 rings (SSSR count). The predicted octanol–water partition coefficient (Wildman–Crippen LogP) is 3.51. The first-order chi connectivity index (χ1) is 9.38. The number of aldehydes is 1. The lowest BCUT2D eigenvalue weighted by molar-refractivity contribution is -0.138. The molecule has 0 N–H and O–H groups in total. The van der Waals surface area contributed by atoms with Crippen molar-refractivity contribution in [2.75, 3.05) is 0 Å². The molecule has 0 saturated heterocycles. The monoisotopic (exact) mass is 300 g/mol. The van der Waals surface area contributed by atoms with Gasteiger partial charge in [0, 0.05) is 24.7 Å². The average molecular weight is 300 g/mol. The number of carbonyl (C=O) groups excluding carboxylic acids is 4. The molecule has 0 aromatic carbocycles. The van der Waals surface area contributed by atoms with Gasteiger partial charge in [-0.15, -0.1) is 0 Å². The Kier molecular flexibility index (Phi) is 16.0. The molecule has 124 valence electrons. The van der Waals surface area contributed by atoms with Crippen LogP contribution < -0.4 is 0 Å². The average Bonchev–Trinajstić information content (AvgIpc) is 2.37. The van der Waals surface area contributed by atoms with Crippen LogP contribution in [0.5, 0.6) is 0 Å². The lowest BCUT2D eigenvalue weighted by Crippen LogP contribution is -2.22. The van der Waals surface area contributed by atoms with E-state index in [1.807, 2.05) is 41.5 Å². The number of hydrogen-bond donors (Lipinski definition) is 0. The molecular formula is C17H32O4. The maximum atomic E-state index is 10.9. The van der Waals surface area contributed by atoms with E-state index in [-0.39, 0.29) is 41.0 Å². The number of hydrogen-bond acceptors (Lipinski definition) is 4. The predicted molar refractivity (Wildman–Crippen MR) is 86.1 cm³/mol. The molecule has 0 spiro atoms. The van der Waals surface area contributed by atoms with Crippen LogP contribution in [0.3, 0.4) is 0 Å². The fourth-order valence-electron chi connectivity index (χ4n) is 0.623. The second-order valence-electron chi connectivity index (χ2n) is 6.10. The quantitative estimate of drug-likeness (QED) is 0.575. The summed E-state index contributed by atoms with van der Waals surface area (Å²) in [5.74, 6) is 0.222. The van der Waals surface area contributed by atoms with Gasteiger partial charge in [0.2, 0.25) is 5.78 Å². The van der Waals surface area contributed by atoms with Gasteiger partial charge in [-0.3, -0.25) is 14.4 Å². The largest absolute Gasteiger partial charge is 0.303 e. The van der Waals surface area contributed by atoms with Crippen LogP contribution in [0, 0.1) is 23.7 Å². The van der Waals surface area contributed by atoms with Gasteiger partial charge in [-0.25, -0.2) is 0 Å². The molecular weight excluding hydrogens is 268 g/mol. The van der Waals surface area contributed by atoms with Crippen molar-refractivity contribution in [1.29, 1.82) is 0 Å². The van der Waals surface area contributed by atoms with Gasteiger partial charge in [0.15, 0.2) is 5.78 Å². The summed E-state index contributed by atoms with van der Waals surface area (Å²) in [5.41, 5.74) is 0. The van der Waals surface area contributed by atoms with Crippen molar-refractivity contribution >= 4 is 23.6 Å². The summed E-state index contributed by atoms with van der Waals surface area (Å²) in [4.78, 5) is 41.1. The van der Waals surface area contributed by atoms with E-state index in [0.29, 0.717) is 0 Å². The molecule has 0 amide bonds. The van der Waals surface area contributed by atoms with E-state index >= 15 is 0 Å². The number of carbonyl (C=O) groups is 4. The third-order valence-corrected chi connectivity index (χ3v) is 2.85. The summed E-state index contributed by atoms with van der Waals surface area (Å²) in [5, 5.41) is 0. The van der Waals surface area contributed by atoms with Crippen molar-refractivity contribution in [3.8, 4) is 0 Å². The second kappa shape index (κ2) is 13.7. The first kappa shape index (κ1) is 24.7. The van der Waals surface area contributed by atoms with Crippen molar-refractivity contribution in [2.24, 2.45) is 23.7 Å². The fourth-order valence-corrected chi connectivity index (χ4v) is 0.623. The molecule has 0 aliphatic rings. The van der Waals surface area contributed by atoms with E-state index in [4.69, 9.17) is 0 Å². The summed E-state index contributed by atoms with van der Waals surface area (Å²) in [6, 6.07) is 0. The highest BCUT2D eigenvalue weighted by atomic mass is 16.2. The smallest absolute Gasteiger partial charge is 0.201 e. The van der Waals surface area contributed by atoms with E-state index in [1.54, 1.807) is 13.8 Å². The van der Waals surface area contributed by atoms with E-state index in [0.717, 1.165) is 6.29 Å². The molecule has 1 unspecified atom stereocenters. The van der Waals surface area contributed by atoms with E-state index in [9.17, 15) is 19.2 Å². The van der Waals surface area contributed by atoms with Gasteiger partial charge in [-0.05, 0) is 12.8 Å². The maximum absolute atomic E-state index is 10.9. The fraction of sp³-hybridized carbons (Fsp3) is 0.765. The van der Waals surface area contributed by atoms with Gasteiger partial charge >= 0.3 is 0 Å². The van der Waals surface area contributed by atoms with Gasteiger partial charge in [0.1, 0.15) is 12.1 Å². The third-order valence-electron chi connectivity index (χ3n) is 2.85. The van der Waals surface area contributed by atoms with Crippen LogP contribution >= 0.6 is 0 Å². The normalized spacial score (nSPS) is 11.0. The van der Waals surface area contributed by atoms with Crippen LogP contribution in [0.2, 0.25) is 0 Å². The highest BCUT2D eigenvalue weighted by Crippen LogP contribution is 2.10. The minimum absolute atomic E-state index is 0.127. The molecule has 0 fully saturated rings. The summed E-state index contributed by atoms with van der Waals surface area (Å²) in [6.45, 7) is 16.1. The molecule has 0 aliphatic heterocycles. The molecule has 0 aromatic heterocycles. The molecule has 0 radical (unpaired) electrons. The van der Waals surface area contributed by atoms with Crippen molar-refractivity contribution in [2.45, 2.75) is 62.3 Å². The lowest BCUT2D eigenvalue weighted by atomic mass is 9.92. The van der Waals surface area contributed by atoms with Crippen molar-refractivity contribution < 1.29 is 19.2 Å². The summed E-state index contributed by atoms with van der Waals surface area (Å²) in [6.07, 6.45) is 0.917. The van der Waals surface area contributed by atoms with Crippen LogP contribution in [0.25, 0.3) is 0 Å². The van der Waals surface area contributed by atoms with E-state index in [1.165, 1.54) is 6.92 Å². The minimum atomic E-state index is -0.332. The molecule has 0 heterocycles. The van der Waals surface area contributed by atoms with Crippen molar-refractivity contribution in [3.63, 3.8) is 0 Å². The van der Waals surface area contributed by atoms with Crippen molar-refractivity contribution in [3.05, 3.63) is 0 Å². The Morgan fingerprint density at radius 2 is 1.10 bits per heavy atom. The van der Waals surface area contributed by atoms with Gasteiger partial charge in [-0.1, -0.05) is 48.5 Å². The van der Waals surface area contributed by atoms with Gasteiger partial charge in [0.25, 0.3) is 0 Å². The Hall–Kier alpha value is -1.32. The molecule has 0 bridgehead atoms. The summed E-state index contributed by atoms with van der Waals surface area (Å²) < 4.78 is 0. The van der Waals surface area contributed by atoms with Gasteiger partial charge in [0.05, 0.1) is 0 Å². The Labute approximate surface area is 129 Å². The summed E-state index contributed by atoms with van der Waals surface area (Å²) in [7, 11) is 0. The first-order valence-electron chi connectivity index (χ1n) is 7.38. The third kappa shape index (κ3) is 18.7. The molecule has 0 aliphatic carbocycles. The van der Waals surface area contributed by atoms with Gasteiger partial charge < -0.3 is 4.79 Å². The Bertz CT molecular complexity index is 328. The molecule has 21 heavy (non-hydrogen) atoms. The SMILES string of the molecule is CC(=O)C(=O)C(C)C(C)C.CC(=O)C(C)C.CC(C)C=O. The Balaban J connectivity index is -0.000000252. The van der Waals surface area contributed by atoms with Crippen molar-refractivity contribution in [1.82, 2.24) is 0 Å². The zero-order chi connectivity index (χ0) is 17.7. The van der Waals surface area contributed by atoms with Gasteiger partial charge in [-0.2, -0.15) is 0 Å². The molecule has 0 saturated carbocycles. The highest BCUT2D eigenvalue weighted by Gasteiger charge is 2.19. The lowest BCUT2D eigenvalue weighted by Gasteiger charge is -2.10. The van der Waals surface area contributed by atoms with Crippen LogP contribution in [0.1, 0.15) is 62.3 Å². The van der Waals surface area contributed by atoms with Crippen LogP contribution in [0.15, 0.2) is 0 Å². The Morgan fingerprint density at radius 3 is 1.14 bits per heavy atom. The van der Waals surface area contributed by atoms with Crippen LogP contribution in [0.4, 0.5) is 0 Å². The second-order valence-corrected chi connectivity index (χ2v) is 6.10. The Morgan fingerprint density at radius 1 is 0.810 bits per heavy atom. The molecule has 0 aromatic rings. The topological polar surface area (TPSA) is 68.3 Å². The van der Waals surface area contributed by atoms with Crippen LogP contribution in [-0.4, -0.2) is 23.6 Å². The van der Waals surface area contributed by atoms with Crippen LogP contribution in [-0.2, 0) is 19.2 Å². The highest BCUT2D eigenvalue weighted by molar-refractivity contribution is 6.36.